The summed E-state index contributed by atoms with van der Waals surface area (Å²) >= 11 is 0. The molecule has 0 spiro atoms. The van der Waals surface area contributed by atoms with Gasteiger partial charge in [0.05, 0.1) is 16.7 Å². The number of pyridine rings is 1. The quantitative estimate of drug-likeness (QED) is 0.207. The van der Waals surface area contributed by atoms with Gasteiger partial charge in [0, 0.05) is 12.7 Å². The van der Waals surface area contributed by atoms with Crippen LogP contribution in [-0.4, -0.2) is 25.5 Å². The highest BCUT2D eigenvalue weighted by Crippen LogP contribution is 2.36. The van der Waals surface area contributed by atoms with Crippen molar-refractivity contribution in [1.82, 2.24) is 10.3 Å². The second kappa shape index (κ2) is 11.0. The Kier molecular flexibility index (Phi) is 8.41. The fraction of sp³-hybridized carbons (Fsp3) is 0.286. The first-order valence-corrected chi connectivity index (χ1v) is 15.2. The average molecular weight is 549 g/mol. The maximum atomic E-state index is 13.1. The summed E-state index contributed by atoms with van der Waals surface area (Å²) in [5.74, 6) is 2.51. The number of aromatic nitrogens is 1. The van der Waals surface area contributed by atoms with E-state index in [1.165, 1.54) is 6.20 Å². The van der Waals surface area contributed by atoms with Gasteiger partial charge in [0.15, 0.2) is 0 Å². The second-order valence-electron chi connectivity index (χ2n) is 9.85. The van der Waals surface area contributed by atoms with E-state index in [2.05, 4.69) is 41.4 Å². The number of alkyl halides is 6. The van der Waals surface area contributed by atoms with E-state index in [4.69, 9.17) is 0 Å². The Morgan fingerprint density at radius 3 is 2.08 bits per heavy atom. The highest BCUT2D eigenvalue weighted by Gasteiger charge is 2.36. The molecule has 200 valence electrons. The molecule has 3 rings (SSSR count). The number of nitrogens with one attached hydrogen (secondary N) is 1. The number of hydrogen-bond acceptors (Lipinski definition) is 2. The number of amides is 1. The third-order valence-electron chi connectivity index (χ3n) is 5.50. The molecule has 0 atom stereocenters. The first kappa shape index (κ1) is 29.0. The number of halogens is 6. The molecule has 0 saturated heterocycles. The first-order chi connectivity index (χ1) is 17.5. The van der Waals surface area contributed by atoms with Gasteiger partial charge in [0.25, 0.3) is 5.91 Å². The van der Waals surface area contributed by atoms with Gasteiger partial charge < -0.3 is 5.32 Å². The fourth-order valence-electron chi connectivity index (χ4n) is 3.63. The lowest BCUT2D eigenvalue weighted by Crippen LogP contribution is -2.26. The number of benzene rings is 2. The Bertz CT molecular complexity index is 1360. The topological polar surface area (TPSA) is 42.0 Å². The number of carbonyl (C=O) groups is 1. The molecule has 0 unspecified atom stereocenters. The molecule has 38 heavy (non-hydrogen) atoms. The van der Waals surface area contributed by atoms with Crippen LogP contribution in [0, 0.1) is 18.4 Å². The van der Waals surface area contributed by atoms with Crippen molar-refractivity contribution in [3.05, 3.63) is 88.2 Å². The van der Waals surface area contributed by atoms with Crippen molar-refractivity contribution >= 4 is 14.0 Å². The minimum Gasteiger partial charge on any atom is -0.352 e. The van der Waals surface area contributed by atoms with Gasteiger partial charge in [-0.2, -0.15) is 26.3 Å². The van der Waals surface area contributed by atoms with Crippen LogP contribution in [0.3, 0.4) is 0 Å². The molecule has 2 aromatic carbocycles. The van der Waals surface area contributed by atoms with Gasteiger partial charge in [0.2, 0.25) is 0 Å². The number of hydrogen-bond donors (Lipinski definition) is 1. The maximum absolute atomic E-state index is 13.1. The van der Waals surface area contributed by atoms with E-state index in [9.17, 15) is 31.1 Å². The van der Waals surface area contributed by atoms with Crippen LogP contribution in [0.25, 0.3) is 11.1 Å². The summed E-state index contributed by atoms with van der Waals surface area (Å²) in [5.41, 5.74) is 3.22. The molecule has 10 heteroatoms. The number of aryl methyl sites for hydroxylation is 1. The molecule has 0 bridgehead atoms. The Balaban J connectivity index is 1.89. The molecular formula is C28H26F6N2OSi. The molecule has 0 radical (unpaired) electrons. The highest BCUT2D eigenvalue weighted by molar-refractivity contribution is 6.83. The number of nitrogens with zero attached hydrogens (tertiary/aromatic N) is 1. The van der Waals surface area contributed by atoms with Crippen LogP contribution < -0.4 is 5.32 Å². The van der Waals surface area contributed by atoms with Crippen LogP contribution in [0.15, 0.2) is 54.7 Å². The van der Waals surface area contributed by atoms with E-state index in [-0.39, 0.29) is 30.2 Å². The maximum Gasteiger partial charge on any atom is 0.416 e. The van der Waals surface area contributed by atoms with Gasteiger partial charge in [-0.1, -0.05) is 49.8 Å². The molecule has 3 aromatic rings. The molecule has 0 aliphatic carbocycles. The first-order valence-electron chi connectivity index (χ1n) is 11.7. The largest absolute Gasteiger partial charge is 0.416 e. The molecule has 0 aliphatic heterocycles. The van der Waals surface area contributed by atoms with E-state index < -0.39 is 37.5 Å². The van der Waals surface area contributed by atoms with Crippen molar-refractivity contribution in [3.63, 3.8) is 0 Å². The molecule has 1 aromatic heterocycles. The van der Waals surface area contributed by atoms with E-state index >= 15 is 0 Å². The lowest BCUT2D eigenvalue weighted by molar-refractivity contribution is -0.143. The van der Waals surface area contributed by atoms with E-state index in [1.807, 2.05) is 31.2 Å². The lowest BCUT2D eigenvalue weighted by atomic mass is 9.96. The summed E-state index contributed by atoms with van der Waals surface area (Å²) in [7, 11) is -1.69. The third kappa shape index (κ3) is 7.71. The van der Waals surface area contributed by atoms with Gasteiger partial charge in [-0.25, -0.2) is 4.98 Å². The van der Waals surface area contributed by atoms with Crippen molar-refractivity contribution in [2.45, 2.75) is 45.3 Å². The van der Waals surface area contributed by atoms with Crippen LogP contribution >= 0.6 is 0 Å². The van der Waals surface area contributed by atoms with Crippen LogP contribution in [-0.2, 0) is 18.8 Å². The number of carbonyl (C=O) groups excluding carboxylic acids is 1. The lowest BCUT2D eigenvalue weighted by Gasteiger charge is -2.15. The summed E-state index contributed by atoms with van der Waals surface area (Å²) in [5, 5.41) is 2.60. The van der Waals surface area contributed by atoms with Gasteiger partial charge in [-0.15, -0.1) is 5.54 Å². The normalized spacial score (nSPS) is 12.1. The van der Waals surface area contributed by atoms with Gasteiger partial charge >= 0.3 is 12.4 Å². The Labute approximate surface area is 218 Å². The Morgan fingerprint density at radius 2 is 1.53 bits per heavy atom. The van der Waals surface area contributed by atoms with Crippen LogP contribution in [0.2, 0.25) is 19.6 Å². The zero-order valence-electron chi connectivity index (χ0n) is 21.2. The van der Waals surface area contributed by atoms with Crippen molar-refractivity contribution < 1.29 is 31.1 Å². The standard InChI is InChI=1S/C28H26F6N2OSi/c1-18-7-5-6-8-23(18)24-16-22(10-12-38(2,3)4)36-17-25(24)26(37)35-11-9-19-13-20(27(29,30)31)15-21(14-19)28(32,33)34/h5-8,13-17H,9,11H2,1-4H3,(H,35,37). The van der Waals surface area contributed by atoms with E-state index in [0.29, 0.717) is 23.4 Å². The van der Waals surface area contributed by atoms with E-state index in [1.54, 1.807) is 6.07 Å². The SMILES string of the molecule is Cc1ccccc1-c1cc(C#C[Si](C)(C)C)ncc1C(=O)NCCc1cc(C(F)(F)F)cc(C(F)(F)F)c1. The molecule has 0 fully saturated rings. The van der Waals surface area contributed by atoms with Crippen LogP contribution in [0.4, 0.5) is 26.3 Å². The Morgan fingerprint density at radius 1 is 0.921 bits per heavy atom. The number of rotatable bonds is 5. The fourth-order valence-corrected chi connectivity index (χ4v) is 4.14. The van der Waals surface area contributed by atoms with Crippen molar-refractivity contribution in [3.8, 4) is 22.6 Å². The Hall–Kier alpha value is -3.58. The van der Waals surface area contributed by atoms with Crippen LogP contribution in [0.5, 0.6) is 0 Å². The van der Waals surface area contributed by atoms with Gasteiger partial charge in [-0.05, 0) is 59.9 Å². The summed E-state index contributed by atoms with van der Waals surface area (Å²) in [4.78, 5) is 17.4. The molecule has 0 aliphatic rings. The van der Waals surface area contributed by atoms with Crippen molar-refractivity contribution in [2.75, 3.05) is 6.54 Å². The third-order valence-corrected chi connectivity index (χ3v) is 6.37. The zero-order valence-corrected chi connectivity index (χ0v) is 22.2. The molecule has 1 heterocycles. The monoisotopic (exact) mass is 548 g/mol. The van der Waals surface area contributed by atoms with E-state index in [0.717, 1.165) is 11.1 Å². The van der Waals surface area contributed by atoms with Gasteiger partial charge in [-0.3, -0.25) is 4.79 Å². The van der Waals surface area contributed by atoms with Crippen LogP contribution in [0.1, 0.15) is 38.3 Å². The summed E-state index contributed by atoms with van der Waals surface area (Å²) in [6.45, 7) is 7.98. The molecular weight excluding hydrogens is 522 g/mol. The predicted octanol–water partition coefficient (Wildman–Crippen LogP) is 7.30. The summed E-state index contributed by atoms with van der Waals surface area (Å²) in [6.07, 6.45) is -8.72. The predicted molar refractivity (Wildman–Crippen MR) is 137 cm³/mol. The minimum absolute atomic E-state index is 0.0782. The molecule has 1 N–H and O–H groups in total. The summed E-state index contributed by atoms with van der Waals surface area (Å²) in [6, 6.07) is 10.5. The highest BCUT2D eigenvalue weighted by atomic mass is 28.3. The summed E-state index contributed by atoms with van der Waals surface area (Å²) < 4.78 is 78.9. The minimum atomic E-state index is -4.94. The molecule has 1 amide bonds. The molecule has 0 saturated carbocycles. The smallest absolute Gasteiger partial charge is 0.352 e. The van der Waals surface area contributed by atoms with Crippen molar-refractivity contribution in [1.29, 1.82) is 0 Å². The van der Waals surface area contributed by atoms with Gasteiger partial charge in [0.1, 0.15) is 13.8 Å². The zero-order chi connectivity index (χ0) is 28.3. The van der Waals surface area contributed by atoms with Crippen molar-refractivity contribution in [2.24, 2.45) is 0 Å². The average Bonchev–Trinajstić information content (AvgIpc) is 2.81. The molecule has 3 nitrogen and oxygen atoms in total. The second-order valence-corrected chi connectivity index (χ2v) is 14.6.